The van der Waals surface area contributed by atoms with E-state index in [2.05, 4.69) is 152 Å². The number of benzene rings is 8. The quantitative estimate of drug-likeness (QED) is 0.176. The van der Waals surface area contributed by atoms with Crippen LogP contribution in [0.5, 0.6) is 0 Å². The Morgan fingerprint density at radius 1 is 0.308 bits per heavy atom. The molecule has 0 aliphatic carbocycles. The van der Waals surface area contributed by atoms with Crippen LogP contribution < -0.4 is 0 Å². The van der Waals surface area contributed by atoms with Crippen molar-refractivity contribution in [2.24, 2.45) is 0 Å². The molecule has 3 heteroatoms. The fourth-order valence-electron chi connectivity index (χ4n) is 8.06. The molecule has 0 amide bonds. The standard InChI is InChI=1S/C49H29NO2/c1-2-12-30(13-3-1)49-40-29-45-48(38-20-6-9-23-43(38)52-45)46(47(40)37-19-4-7-21-41(37)50-49)35-17-11-16-33(27-35)31-14-10-15-32(26-31)34-24-25-44-39(28-34)36-18-5-8-22-42(36)51-44/h1-29H. The van der Waals surface area contributed by atoms with Crippen molar-refractivity contribution in [3.8, 4) is 44.6 Å². The number of hydrogen-bond donors (Lipinski definition) is 0. The molecule has 0 aliphatic rings. The fourth-order valence-corrected chi connectivity index (χ4v) is 8.06. The normalized spacial score (nSPS) is 11.8. The molecule has 0 bridgehead atoms. The summed E-state index contributed by atoms with van der Waals surface area (Å²) in [5.41, 5.74) is 13.4. The minimum Gasteiger partial charge on any atom is -0.456 e. The van der Waals surface area contributed by atoms with Gasteiger partial charge in [0.05, 0.1) is 11.2 Å². The monoisotopic (exact) mass is 663 g/mol. The van der Waals surface area contributed by atoms with Crippen molar-refractivity contribution in [3.63, 3.8) is 0 Å². The molecule has 0 atom stereocenters. The lowest BCUT2D eigenvalue weighted by Crippen LogP contribution is -1.93. The van der Waals surface area contributed by atoms with Gasteiger partial charge >= 0.3 is 0 Å². The van der Waals surface area contributed by atoms with Gasteiger partial charge in [-0.05, 0) is 76.3 Å². The SMILES string of the molecule is c1ccc(-c2nc3ccccc3c3c(-c4cccc(-c5cccc(-c6ccc7oc8ccccc8c7c6)c5)c4)c4c(cc23)oc2ccccc24)cc1. The number of fused-ring (bicyclic) bond motifs is 9. The number of aromatic nitrogens is 1. The van der Waals surface area contributed by atoms with E-state index in [0.717, 1.165) is 105 Å². The molecule has 11 aromatic rings. The summed E-state index contributed by atoms with van der Waals surface area (Å²) in [4.78, 5) is 5.26. The summed E-state index contributed by atoms with van der Waals surface area (Å²) >= 11 is 0. The van der Waals surface area contributed by atoms with Crippen LogP contribution in [0.4, 0.5) is 0 Å². The maximum atomic E-state index is 6.62. The van der Waals surface area contributed by atoms with Gasteiger partial charge < -0.3 is 8.83 Å². The molecular weight excluding hydrogens is 635 g/mol. The second-order valence-corrected chi connectivity index (χ2v) is 13.5. The van der Waals surface area contributed by atoms with Crippen molar-refractivity contribution in [2.45, 2.75) is 0 Å². The molecule has 0 radical (unpaired) electrons. The zero-order chi connectivity index (χ0) is 34.2. The maximum Gasteiger partial charge on any atom is 0.136 e. The van der Waals surface area contributed by atoms with E-state index in [1.54, 1.807) is 0 Å². The average Bonchev–Trinajstić information content (AvgIpc) is 3.78. The molecule has 0 saturated heterocycles. The highest BCUT2D eigenvalue weighted by Gasteiger charge is 2.22. The van der Waals surface area contributed by atoms with E-state index in [1.165, 1.54) is 5.39 Å². The van der Waals surface area contributed by atoms with Crippen molar-refractivity contribution >= 4 is 65.6 Å². The molecule has 242 valence electrons. The molecule has 0 unspecified atom stereocenters. The van der Waals surface area contributed by atoms with Crippen molar-refractivity contribution in [2.75, 3.05) is 0 Å². The molecular formula is C49H29NO2. The Kier molecular flexibility index (Phi) is 6.25. The molecule has 52 heavy (non-hydrogen) atoms. The fraction of sp³-hybridized carbons (Fsp3) is 0. The predicted octanol–water partition coefficient (Wildman–Crippen LogP) is 13.9. The molecule has 8 aromatic carbocycles. The summed E-state index contributed by atoms with van der Waals surface area (Å²) in [6.07, 6.45) is 0. The Balaban J connectivity index is 1.16. The van der Waals surface area contributed by atoms with Crippen molar-refractivity contribution in [3.05, 3.63) is 176 Å². The number of hydrogen-bond acceptors (Lipinski definition) is 3. The molecule has 0 saturated carbocycles. The third-order valence-electron chi connectivity index (χ3n) is 10.4. The van der Waals surface area contributed by atoms with Gasteiger partial charge in [-0.3, -0.25) is 0 Å². The van der Waals surface area contributed by atoms with Gasteiger partial charge in [0.25, 0.3) is 0 Å². The lowest BCUT2D eigenvalue weighted by atomic mass is 9.88. The number of rotatable bonds is 4. The first kappa shape index (κ1) is 28.8. The van der Waals surface area contributed by atoms with Crippen LogP contribution in [0.2, 0.25) is 0 Å². The number of pyridine rings is 1. The molecule has 0 fully saturated rings. The maximum absolute atomic E-state index is 6.62. The number of para-hydroxylation sites is 3. The first-order valence-corrected chi connectivity index (χ1v) is 17.6. The van der Waals surface area contributed by atoms with Gasteiger partial charge in [-0.25, -0.2) is 4.98 Å². The molecule has 3 aromatic heterocycles. The van der Waals surface area contributed by atoms with Crippen LogP contribution >= 0.6 is 0 Å². The topological polar surface area (TPSA) is 39.2 Å². The predicted molar refractivity (Wildman–Crippen MR) is 216 cm³/mol. The van der Waals surface area contributed by atoms with Crippen LogP contribution in [-0.2, 0) is 0 Å². The van der Waals surface area contributed by atoms with E-state index in [0.29, 0.717) is 0 Å². The van der Waals surface area contributed by atoms with E-state index in [1.807, 2.05) is 24.3 Å². The van der Waals surface area contributed by atoms with Crippen molar-refractivity contribution in [1.29, 1.82) is 0 Å². The van der Waals surface area contributed by atoms with Crippen LogP contribution in [0.15, 0.2) is 185 Å². The van der Waals surface area contributed by atoms with Crippen LogP contribution in [0.1, 0.15) is 0 Å². The van der Waals surface area contributed by atoms with Crippen molar-refractivity contribution < 1.29 is 8.83 Å². The second kappa shape index (κ2) is 11.3. The Morgan fingerprint density at radius 3 is 1.65 bits per heavy atom. The Morgan fingerprint density at radius 2 is 0.865 bits per heavy atom. The van der Waals surface area contributed by atoms with Gasteiger partial charge in [0.1, 0.15) is 22.3 Å². The summed E-state index contributed by atoms with van der Waals surface area (Å²) in [5, 5.41) is 7.85. The number of nitrogens with zero attached hydrogens (tertiary/aromatic N) is 1. The summed E-state index contributed by atoms with van der Waals surface area (Å²) in [7, 11) is 0. The Bertz CT molecular complexity index is 3190. The van der Waals surface area contributed by atoms with E-state index >= 15 is 0 Å². The molecule has 3 heterocycles. The van der Waals surface area contributed by atoms with E-state index in [-0.39, 0.29) is 0 Å². The van der Waals surface area contributed by atoms with Gasteiger partial charge in [-0.2, -0.15) is 0 Å². The zero-order valence-electron chi connectivity index (χ0n) is 28.0. The lowest BCUT2D eigenvalue weighted by Gasteiger charge is -2.16. The summed E-state index contributed by atoms with van der Waals surface area (Å²) < 4.78 is 12.7. The number of furan rings is 2. The largest absolute Gasteiger partial charge is 0.456 e. The minimum atomic E-state index is 0.854. The molecule has 0 aliphatic heterocycles. The van der Waals surface area contributed by atoms with Crippen LogP contribution in [0, 0.1) is 0 Å². The van der Waals surface area contributed by atoms with Gasteiger partial charge in [0.15, 0.2) is 0 Å². The van der Waals surface area contributed by atoms with E-state index < -0.39 is 0 Å². The van der Waals surface area contributed by atoms with Gasteiger partial charge in [-0.15, -0.1) is 0 Å². The van der Waals surface area contributed by atoms with Crippen molar-refractivity contribution in [1.82, 2.24) is 4.98 Å². The molecule has 3 nitrogen and oxygen atoms in total. The molecule has 0 N–H and O–H groups in total. The highest BCUT2D eigenvalue weighted by Crippen LogP contribution is 2.47. The second-order valence-electron chi connectivity index (χ2n) is 13.5. The zero-order valence-corrected chi connectivity index (χ0v) is 28.0. The lowest BCUT2D eigenvalue weighted by molar-refractivity contribution is 0.669. The molecule has 0 spiro atoms. The van der Waals surface area contributed by atoms with Gasteiger partial charge in [-0.1, -0.05) is 127 Å². The van der Waals surface area contributed by atoms with Crippen LogP contribution in [0.3, 0.4) is 0 Å². The Labute approximate surface area is 299 Å². The van der Waals surface area contributed by atoms with Gasteiger partial charge in [0, 0.05) is 48.8 Å². The van der Waals surface area contributed by atoms with Gasteiger partial charge in [0.2, 0.25) is 0 Å². The van der Waals surface area contributed by atoms with E-state index in [9.17, 15) is 0 Å². The summed E-state index contributed by atoms with van der Waals surface area (Å²) in [6.45, 7) is 0. The third-order valence-corrected chi connectivity index (χ3v) is 10.4. The van der Waals surface area contributed by atoms with E-state index in [4.69, 9.17) is 13.8 Å². The highest BCUT2D eigenvalue weighted by molar-refractivity contribution is 6.27. The Hall–Kier alpha value is -6.97. The minimum absolute atomic E-state index is 0.854. The summed E-state index contributed by atoms with van der Waals surface area (Å²) in [5.74, 6) is 0. The van der Waals surface area contributed by atoms with Crippen LogP contribution in [-0.4, -0.2) is 4.98 Å². The third kappa shape index (κ3) is 4.43. The smallest absolute Gasteiger partial charge is 0.136 e. The molecule has 11 rings (SSSR count). The first-order chi connectivity index (χ1) is 25.8. The first-order valence-electron chi connectivity index (χ1n) is 17.6. The van der Waals surface area contributed by atoms with Crippen LogP contribution in [0.25, 0.3) is 110 Å². The highest BCUT2D eigenvalue weighted by atomic mass is 16.3. The average molecular weight is 664 g/mol. The summed E-state index contributed by atoms with van der Waals surface area (Å²) in [6, 6.07) is 62.0.